The summed E-state index contributed by atoms with van der Waals surface area (Å²) in [5.41, 5.74) is 1.26. The lowest BCUT2D eigenvalue weighted by molar-refractivity contribution is 0.0727. The number of fused-ring (bicyclic) bond motifs is 1. The molecule has 3 aromatic carbocycles. The van der Waals surface area contributed by atoms with Crippen molar-refractivity contribution in [2.75, 3.05) is 14.2 Å². The number of benzene rings is 3. The Morgan fingerprint density at radius 1 is 1.00 bits per heavy atom. The highest BCUT2D eigenvalue weighted by Gasteiger charge is 2.31. The Balaban J connectivity index is 1.65. The van der Waals surface area contributed by atoms with Crippen molar-refractivity contribution in [1.29, 1.82) is 0 Å². The number of ketones is 1. The molecule has 4 rings (SSSR count). The second-order valence-electron chi connectivity index (χ2n) is 7.00. The molecule has 0 amide bonds. The lowest BCUT2D eigenvalue weighted by Gasteiger charge is -2.13. The van der Waals surface area contributed by atoms with Crippen molar-refractivity contribution >= 4 is 17.8 Å². The van der Waals surface area contributed by atoms with E-state index in [1.807, 2.05) is 0 Å². The average molecular weight is 434 g/mol. The first kappa shape index (κ1) is 21.1. The lowest BCUT2D eigenvalue weighted by atomic mass is 10.0. The third-order valence-electron chi connectivity index (χ3n) is 4.98. The van der Waals surface area contributed by atoms with Crippen LogP contribution in [0, 0.1) is 12.7 Å². The Morgan fingerprint density at radius 2 is 1.69 bits per heavy atom. The molecular weight excluding hydrogens is 415 g/mol. The number of hydrogen-bond donors (Lipinski definition) is 0. The van der Waals surface area contributed by atoms with Gasteiger partial charge in [0.05, 0.1) is 19.8 Å². The van der Waals surface area contributed by atoms with Crippen LogP contribution in [0.5, 0.6) is 23.0 Å². The Morgan fingerprint density at radius 3 is 2.34 bits per heavy atom. The number of ether oxygens (including phenoxy) is 4. The number of Topliss-reactive ketones (excluding diaryl/α,β-unsaturated/α-hetero) is 1. The van der Waals surface area contributed by atoms with E-state index in [4.69, 9.17) is 18.9 Å². The van der Waals surface area contributed by atoms with Crippen LogP contribution in [-0.2, 0) is 0 Å². The number of halogens is 1. The highest BCUT2D eigenvalue weighted by Crippen LogP contribution is 2.38. The molecule has 1 aliphatic rings. The summed E-state index contributed by atoms with van der Waals surface area (Å²) < 4.78 is 35.7. The number of carbonyl (C=O) groups is 2. The molecular formula is C25H19FO6. The van der Waals surface area contributed by atoms with E-state index in [2.05, 4.69) is 0 Å². The van der Waals surface area contributed by atoms with E-state index in [0.29, 0.717) is 22.6 Å². The van der Waals surface area contributed by atoms with Crippen molar-refractivity contribution in [3.8, 4) is 23.0 Å². The highest BCUT2D eigenvalue weighted by atomic mass is 19.1. The second kappa shape index (κ2) is 8.55. The molecule has 7 heteroatoms. The van der Waals surface area contributed by atoms with E-state index in [1.54, 1.807) is 49.4 Å². The minimum absolute atomic E-state index is 0.0110. The van der Waals surface area contributed by atoms with Gasteiger partial charge >= 0.3 is 5.97 Å². The second-order valence-corrected chi connectivity index (χ2v) is 7.00. The van der Waals surface area contributed by atoms with Crippen LogP contribution in [0.2, 0.25) is 0 Å². The first-order valence-electron chi connectivity index (χ1n) is 9.69. The molecule has 0 saturated heterocycles. The van der Waals surface area contributed by atoms with Gasteiger partial charge in [-0.25, -0.2) is 9.18 Å². The smallest absolute Gasteiger partial charge is 0.351 e. The van der Waals surface area contributed by atoms with Gasteiger partial charge in [-0.3, -0.25) is 4.79 Å². The van der Waals surface area contributed by atoms with Gasteiger partial charge in [0.2, 0.25) is 5.78 Å². The molecule has 1 heterocycles. The molecule has 32 heavy (non-hydrogen) atoms. The summed E-state index contributed by atoms with van der Waals surface area (Å²) >= 11 is 0. The van der Waals surface area contributed by atoms with Crippen LogP contribution in [0.25, 0.3) is 6.08 Å². The Labute approximate surface area is 183 Å². The third kappa shape index (κ3) is 3.80. The van der Waals surface area contributed by atoms with Gasteiger partial charge in [0.1, 0.15) is 34.4 Å². The number of esters is 1. The Kier molecular flexibility index (Phi) is 5.64. The molecule has 0 saturated carbocycles. The van der Waals surface area contributed by atoms with Gasteiger partial charge in [-0.05, 0) is 42.8 Å². The fourth-order valence-electron chi connectivity index (χ4n) is 3.48. The van der Waals surface area contributed by atoms with E-state index in [9.17, 15) is 14.0 Å². The number of aryl methyl sites for hydroxylation is 1. The van der Waals surface area contributed by atoms with Gasteiger partial charge in [-0.2, -0.15) is 0 Å². The summed E-state index contributed by atoms with van der Waals surface area (Å²) in [6, 6.07) is 14.0. The molecule has 6 nitrogen and oxygen atoms in total. The molecule has 0 spiro atoms. The Hall–Kier alpha value is -4.13. The van der Waals surface area contributed by atoms with Crippen molar-refractivity contribution in [3.63, 3.8) is 0 Å². The number of hydrogen-bond acceptors (Lipinski definition) is 6. The molecule has 3 aromatic rings. The van der Waals surface area contributed by atoms with Gasteiger partial charge < -0.3 is 18.9 Å². The van der Waals surface area contributed by atoms with Crippen LogP contribution < -0.4 is 18.9 Å². The topological polar surface area (TPSA) is 71.1 Å². The molecule has 0 aliphatic carbocycles. The van der Waals surface area contributed by atoms with Crippen molar-refractivity contribution in [1.82, 2.24) is 0 Å². The maximum Gasteiger partial charge on any atom is 0.351 e. The number of allylic oxidation sites excluding steroid dienone is 1. The molecule has 0 atom stereocenters. The maximum atomic E-state index is 14.0. The summed E-state index contributed by atoms with van der Waals surface area (Å²) in [5, 5.41) is 0. The van der Waals surface area contributed by atoms with Crippen molar-refractivity contribution in [2.24, 2.45) is 0 Å². The van der Waals surface area contributed by atoms with Gasteiger partial charge in [-0.1, -0.05) is 24.3 Å². The fraction of sp³-hybridized carbons (Fsp3) is 0.120. The number of rotatable bonds is 5. The van der Waals surface area contributed by atoms with Crippen LogP contribution in [0.1, 0.15) is 31.8 Å². The zero-order chi connectivity index (χ0) is 22.8. The predicted molar refractivity (Wildman–Crippen MR) is 115 cm³/mol. The van der Waals surface area contributed by atoms with Crippen LogP contribution in [0.3, 0.4) is 0 Å². The largest absolute Gasteiger partial charge is 0.496 e. The van der Waals surface area contributed by atoms with E-state index < -0.39 is 11.8 Å². The first-order valence-corrected chi connectivity index (χ1v) is 9.69. The Bertz CT molecular complexity index is 1240. The van der Waals surface area contributed by atoms with E-state index in [0.717, 1.165) is 0 Å². The molecule has 0 fully saturated rings. The highest BCUT2D eigenvalue weighted by molar-refractivity contribution is 6.15. The summed E-state index contributed by atoms with van der Waals surface area (Å²) in [4.78, 5) is 25.6. The third-order valence-corrected chi connectivity index (χ3v) is 4.98. The molecule has 0 aromatic heterocycles. The minimum atomic E-state index is -0.690. The monoisotopic (exact) mass is 434 g/mol. The van der Waals surface area contributed by atoms with Crippen LogP contribution in [-0.4, -0.2) is 26.0 Å². The summed E-state index contributed by atoms with van der Waals surface area (Å²) in [6.45, 7) is 1.70. The SMILES string of the molecule is COc1cccc(OC)c1C(=O)Oc1cc(C)c2c(c1)O/C(=C\c1ccccc1F)C2=O. The lowest BCUT2D eigenvalue weighted by Crippen LogP contribution is -2.12. The van der Waals surface area contributed by atoms with Crippen molar-refractivity contribution in [2.45, 2.75) is 6.92 Å². The first-order chi connectivity index (χ1) is 15.4. The number of carbonyl (C=O) groups excluding carboxylic acids is 2. The van der Waals surface area contributed by atoms with Crippen molar-refractivity contribution < 1.29 is 32.9 Å². The van der Waals surface area contributed by atoms with Crippen LogP contribution in [0.15, 0.2) is 60.4 Å². The molecule has 1 aliphatic heterocycles. The fourth-order valence-corrected chi connectivity index (χ4v) is 3.48. The predicted octanol–water partition coefficient (Wildman–Crippen LogP) is 4.99. The molecule has 0 radical (unpaired) electrons. The van der Waals surface area contributed by atoms with E-state index >= 15 is 0 Å². The normalized spacial score (nSPS) is 13.5. The zero-order valence-electron chi connectivity index (χ0n) is 17.6. The molecule has 162 valence electrons. The summed E-state index contributed by atoms with van der Waals surface area (Å²) in [6.07, 6.45) is 1.35. The number of methoxy groups -OCH3 is 2. The average Bonchev–Trinajstić information content (AvgIpc) is 3.09. The summed E-state index contributed by atoms with van der Waals surface area (Å²) in [7, 11) is 2.88. The molecule has 0 bridgehead atoms. The van der Waals surface area contributed by atoms with E-state index in [1.165, 1.54) is 32.4 Å². The minimum Gasteiger partial charge on any atom is -0.496 e. The quantitative estimate of drug-likeness (QED) is 0.320. The van der Waals surface area contributed by atoms with Crippen LogP contribution >= 0.6 is 0 Å². The van der Waals surface area contributed by atoms with Crippen molar-refractivity contribution in [3.05, 3.63) is 88.4 Å². The van der Waals surface area contributed by atoms with Gasteiger partial charge in [0.25, 0.3) is 0 Å². The van der Waals surface area contributed by atoms with Gasteiger partial charge in [-0.15, -0.1) is 0 Å². The van der Waals surface area contributed by atoms with Gasteiger partial charge in [0, 0.05) is 11.6 Å². The van der Waals surface area contributed by atoms with Gasteiger partial charge in [0.15, 0.2) is 5.76 Å². The zero-order valence-corrected chi connectivity index (χ0v) is 17.6. The standard InChI is InChI=1S/C25H19FO6/c1-14-11-16(31-25(28)23-18(29-2)9-6-10-19(23)30-3)13-20-22(14)24(27)21(32-20)12-15-7-4-5-8-17(15)26/h4-13H,1-3H3/b21-12-. The maximum absolute atomic E-state index is 14.0. The van der Waals surface area contributed by atoms with E-state index in [-0.39, 0.29) is 34.2 Å². The summed E-state index contributed by atoms with van der Waals surface area (Å²) in [5.74, 6) is -0.531. The molecule has 0 N–H and O–H groups in total. The molecule has 0 unspecified atom stereocenters. The van der Waals surface area contributed by atoms with Crippen LogP contribution in [0.4, 0.5) is 4.39 Å².